The van der Waals surface area contributed by atoms with E-state index in [1.54, 1.807) is 6.92 Å². The molecule has 0 amide bonds. The second-order valence-electron chi connectivity index (χ2n) is 3.37. The van der Waals surface area contributed by atoms with Crippen molar-refractivity contribution in [3.63, 3.8) is 0 Å². The molecule has 0 radical (unpaired) electrons. The summed E-state index contributed by atoms with van der Waals surface area (Å²) in [6.07, 6.45) is 0. The average molecular weight is 188 g/mol. The predicted octanol–water partition coefficient (Wildman–Crippen LogP) is 2.66. The molecule has 2 aromatic rings. The zero-order chi connectivity index (χ0) is 10.1. The molecular weight excluding hydrogens is 176 g/mol. The maximum Gasteiger partial charge on any atom is 0.247 e. The largest absolute Gasteiger partial charge is 0.421 e. The van der Waals surface area contributed by atoms with Gasteiger partial charge in [0.1, 0.15) is 0 Å². The lowest BCUT2D eigenvalue weighted by atomic mass is 10.0. The fraction of sp³-hybridized carbons (Fsp3) is 0.273. The third-order valence-corrected chi connectivity index (χ3v) is 2.36. The van der Waals surface area contributed by atoms with Crippen LogP contribution in [0.3, 0.4) is 0 Å². The monoisotopic (exact) mass is 188 g/mol. The SMILES string of the molecule is Cc1nnc(-c2cccc(C)c2C)o1. The number of benzene rings is 1. The van der Waals surface area contributed by atoms with Gasteiger partial charge in [-0.15, -0.1) is 10.2 Å². The molecule has 0 atom stereocenters. The minimum absolute atomic E-state index is 0.598. The Morgan fingerprint density at radius 3 is 2.50 bits per heavy atom. The van der Waals surface area contributed by atoms with Crippen molar-refractivity contribution >= 4 is 0 Å². The van der Waals surface area contributed by atoms with Gasteiger partial charge in [-0.1, -0.05) is 12.1 Å². The van der Waals surface area contributed by atoms with Crippen molar-refractivity contribution in [2.45, 2.75) is 20.8 Å². The summed E-state index contributed by atoms with van der Waals surface area (Å²) in [5.74, 6) is 1.20. The van der Waals surface area contributed by atoms with Crippen molar-refractivity contribution in [3.05, 3.63) is 35.2 Å². The molecule has 1 aromatic carbocycles. The molecular formula is C11H12N2O. The molecule has 3 nitrogen and oxygen atoms in total. The Balaban J connectivity index is 2.57. The number of hydrogen-bond acceptors (Lipinski definition) is 3. The van der Waals surface area contributed by atoms with E-state index in [2.05, 4.69) is 30.1 Å². The number of aryl methyl sites for hydroxylation is 2. The van der Waals surface area contributed by atoms with E-state index in [9.17, 15) is 0 Å². The molecule has 0 aliphatic carbocycles. The normalized spacial score (nSPS) is 10.5. The molecule has 1 aromatic heterocycles. The summed E-state index contributed by atoms with van der Waals surface area (Å²) in [5, 5.41) is 7.82. The Morgan fingerprint density at radius 1 is 1.07 bits per heavy atom. The molecule has 0 aliphatic rings. The second-order valence-corrected chi connectivity index (χ2v) is 3.37. The number of rotatable bonds is 1. The van der Waals surface area contributed by atoms with Gasteiger partial charge in [-0.3, -0.25) is 0 Å². The molecule has 0 saturated heterocycles. The predicted molar refractivity (Wildman–Crippen MR) is 53.9 cm³/mol. The van der Waals surface area contributed by atoms with Crippen LogP contribution in [0.15, 0.2) is 22.6 Å². The van der Waals surface area contributed by atoms with Crippen LogP contribution in [0.1, 0.15) is 17.0 Å². The molecule has 72 valence electrons. The summed E-state index contributed by atoms with van der Waals surface area (Å²) in [7, 11) is 0. The molecule has 3 heteroatoms. The molecule has 0 bridgehead atoms. The van der Waals surface area contributed by atoms with Crippen molar-refractivity contribution in [3.8, 4) is 11.5 Å². The van der Waals surface area contributed by atoms with Crippen LogP contribution in [0, 0.1) is 20.8 Å². The van der Waals surface area contributed by atoms with E-state index < -0.39 is 0 Å². The van der Waals surface area contributed by atoms with Crippen molar-refractivity contribution in [2.24, 2.45) is 0 Å². The molecule has 0 unspecified atom stereocenters. The molecule has 2 rings (SSSR count). The van der Waals surface area contributed by atoms with Gasteiger partial charge in [0.2, 0.25) is 11.8 Å². The fourth-order valence-corrected chi connectivity index (χ4v) is 1.39. The Morgan fingerprint density at radius 2 is 1.86 bits per heavy atom. The standard InChI is InChI=1S/C11H12N2O/c1-7-5-4-6-10(8(7)2)11-13-12-9(3)14-11/h4-6H,1-3H3. The van der Waals surface area contributed by atoms with Crippen LogP contribution in [0.5, 0.6) is 0 Å². The maximum atomic E-state index is 5.38. The van der Waals surface area contributed by atoms with Gasteiger partial charge in [0.05, 0.1) is 0 Å². The van der Waals surface area contributed by atoms with Crippen molar-refractivity contribution in [2.75, 3.05) is 0 Å². The lowest BCUT2D eigenvalue weighted by molar-refractivity contribution is 0.532. The lowest BCUT2D eigenvalue weighted by Gasteiger charge is -2.03. The van der Waals surface area contributed by atoms with Crippen LogP contribution in [0.25, 0.3) is 11.5 Å². The van der Waals surface area contributed by atoms with Crippen LogP contribution >= 0.6 is 0 Å². The van der Waals surface area contributed by atoms with Gasteiger partial charge in [0, 0.05) is 12.5 Å². The quantitative estimate of drug-likeness (QED) is 0.690. The van der Waals surface area contributed by atoms with Gasteiger partial charge < -0.3 is 4.42 Å². The molecule has 14 heavy (non-hydrogen) atoms. The maximum absolute atomic E-state index is 5.38. The van der Waals surface area contributed by atoms with E-state index in [1.165, 1.54) is 11.1 Å². The molecule has 0 spiro atoms. The topological polar surface area (TPSA) is 38.9 Å². The minimum Gasteiger partial charge on any atom is -0.421 e. The highest BCUT2D eigenvalue weighted by atomic mass is 16.4. The van der Waals surface area contributed by atoms with Gasteiger partial charge in [-0.05, 0) is 31.0 Å². The summed E-state index contributed by atoms with van der Waals surface area (Å²) in [6.45, 7) is 5.92. The van der Waals surface area contributed by atoms with Gasteiger partial charge in [-0.25, -0.2) is 0 Å². The van der Waals surface area contributed by atoms with E-state index in [0.717, 1.165) is 5.56 Å². The van der Waals surface area contributed by atoms with Gasteiger partial charge in [0.15, 0.2) is 0 Å². The summed E-state index contributed by atoms with van der Waals surface area (Å²) in [4.78, 5) is 0. The van der Waals surface area contributed by atoms with E-state index >= 15 is 0 Å². The highest BCUT2D eigenvalue weighted by molar-refractivity contribution is 5.59. The second kappa shape index (κ2) is 3.25. The van der Waals surface area contributed by atoms with E-state index in [1.807, 2.05) is 12.1 Å². The Hall–Kier alpha value is -1.64. The van der Waals surface area contributed by atoms with Crippen LogP contribution < -0.4 is 0 Å². The van der Waals surface area contributed by atoms with Crippen molar-refractivity contribution in [1.82, 2.24) is 10.2 Å². The fourth-order valence-electron chi connectivity index (χ4n) is 1.39. The smallest absolute Gasteiger partial charge is 0.247 e. The third kappa shape index (κ3) is 1.41. The van der Waals surface area contributed by atoms with Gasteiger partial charge in [0.25, 0.3) is 0 Å². The first kappa shape index (κ1) is 8.94. The van der Waals surface area contributed by atoms with Gasteiger partial charge in [-0.2, -0.15) is 0 Å². The van der Waals surface area contributed by atoms with Crippen molar-refractivity contribution < 1.29 is 4.42 Å². The van der Waals surface area contributed by atoms with Crippen molar-refractivity contribution in [1.29, 1.82) is 0 Å². The minimum atomic E-state index is 0.598. The highest BCUT2D eigenvalue weighted by Gasteiger charge is 2.09. The first-order chi connectivity index (χ1) is 6.68. The molecule has 0 fully saturated rings. The van der Waals surface area contributed by atoms with E-state index in [4.69, 9.17) is 4.42 Å². The Kier molecular flexibility index (Phi) is 2.08. The van der Waals surface area contributed by atoms with Crippen LogP contribution in [-0.2, 0) is 0 Å². The zero-order valence-electron chi connectivity index (χ0n) is 8.53. The summed E-state index contributed by atoms with van der Waals surface area (Å²) < 4.78 is 5.38. The first-order valence-electron chi connectivity index (χ1n) is 4.55. The number of hydrogen-bond donors (Lipinski definition) is 0. The lowest BCUT2D eigenvalue weighted by Crippen LogP contribution is -1.86. The molecule has 0 saturated carbocycles. The molecule has 0 N–H and O–H groups in total. The van der Waals surface area contributed by atoms with Crippen LogP contribution in [-0.4, -0.2) is 10.2 Å². The van der Waals surface area contributed by atoms with Crippen LogP contribution in [0.2, 0.25) is 0 Å². The summed E-state index contributed by atoms with van der Waals surface area (Å²) >= 11 is 0. The van der Waals surface area contributed by atoms with E-state index in [0.29, 0.717) is 11.8 Å². The number of aromatic nitrogens is 2. The van der Waals surface area contributed by atoms with Crippen LogP contribution in [0.4, 0.5) is 0 Å². The first-order valence-corrected chi connectivity index (χ1v) is 4.55. The average Bonchev–Trinajstić information content (AvgIpc) is 2.57. The molecule has 0 aliphatic heterocycles. The van der Waals surface area contributed by atoms with Gasteiger partial charge >= 0.3 is 0 Å². The summed E-state index contributed by atoms with van der Waals surface area (Å²) in [6, 6.07) is 6.06. The molecule has 1 heterocycles. The Bertz CT molecular complexity index is 460. The third-order valence-electron chi connectivity index (χ3n) is 2.36. The van der Waals surface area contributed by atoms with E-state index in [-0.39, 0.29) is 0 Å². The highest BCUT2D eigenvalue weighted by Crippen LogP contribution is 2.23. The Labute approximate surface area is 82.8 Å². The zero-order valence-corrected chi connectivity index (χ0v) is 8.53. The summed E-state index contributed by atoms with van der Waals surface area (Å²) in [5.41, 5.74) is 3.44. The number of nitrogens with zero attached hydrogens (tertiary/aromatic N) is 2.